The zero-order chi connectivity index (χ0) is 20.9. The topological polar surface area (TPSA) is 84.0 Å². The van der Waals surface area contributed by atoms with Crippen molar-refractivity contribution in [1.82, 2.24) is 10.2 Å². The minimum absolute atomic E-state index is 0.167. The normalized spacial score (nSPS) is 10.7. The highest BCUT2D eigenvalue weighted by molar-refractivity contribution is 8.01. The highest BCUT2D eigenvalue weighted by Gasteiger charge is 2.12. The van der Waals surface area contributed by atoms with Gasteiger partial charge in [0.1, 0.15) is 0 Å². The molecule has 0 radical (unpaired) electrons. The van der Waals surface area contributed by atoms with Gasteiger partial charge in [0, 0.05) is 16.3 Å². The van der Waals surface area contributed by atoms with Crippen molar-refractivity contribution >= 4 is 68.1 Å². The van der Waals surface area contributed by atoms with Crippen LogP contribution in [-0.2, 0) is 4.79 Å². The number of anilines is 2. The minimum atomic E-state index is -0.256. The number of rotatable bonds is 6. The Morgan fingerprint density at radius 3 is 2.50 bits per heavy atom. The first-order chi connectivity index (χ1) is 14.6. The summed E-state index contributed by atoms with van der Waals surface area (Å²) in [6.45, 7) is 0. The van der Waals surface area contributed by atoms with E-state index in [-0.39, 0.29) is 17.6 Å². The Morgan fingerprint density at radius 2 is 1.70 bits per heavy atom. The maximum Gasteiger partial charge on any atom is 0.257 e. The van der Waals surface area contributed by atoms with Gasteiger partial charge in [-0.25, -0.2) is 0 Å². The maximum absolute atomic E-state index is 12.5. The number of aromatic nitrogens is 2. The zero-order valence-electron chi connectivity index (χ0n) is 15.5. The Balaban J connectivity index is 1.32. The number of hydrogen-bond donors (Lipinski definition) is 2. The standard InChI is InChI=1S/C21H15ClN4O2S2/c22-16-7-9-17(10-8-16)23-18(27)12-29-21-26-25-20(30-21)24-19(28)15-6-5-13-3-1-2-4-14(13)11-15/h1-11H,12H2,(H,23,27)(H,24,25,28). The Bertz CT molecular complexity index is 1210. The molecule has 0 atom stereocenters. The Kier molecular flexibility index (Phi) is 6.27. The number of nitrogens with zero attached hydrogens (tertiary/aromatic N) is 2. The number of fused-ring (bicyclic) bond motifs is 1. The van der Waals surface area contributed by atoms with E-state index in [2.05, 4.69) is 20.8 Å². The van der Waals surface area contributed by atoms with Crippen LogP contribution in [0.25, 0.3) is 10.8 Å². The second-order valence-corrected chi connectivity index (χ2v) is 8.87. The fraction of sp³-hybridized carbons (Fsp3) is 0.0476. The van der Waals surface area contributed by atoms with Gasteiger partial charge in [0.05, 0.1) is 5.75 Å². The van der Waals surface area contributed by atoms with E-state index < -0.39 is 0 Å². The summed E-state index contributed by atoms with van der Waals surface area (Å²) in [6.07, 6.45) is 0. The molecule has 1 aromatic heterocycles. The molecule has 0 aliphatic heterocycles. The molecule has 0 saturated carbocycles. The number of benzene rings is 3. The molecule has 0 aliphatic carbocycles. The van der Waals surface area contributed by atoms with Gasteiger partial charge in [-0.1, -0.05) is 65.0 Å². The van der Waals surface area contributed by atoms with Gasteiger partial charge in [-0.3, -0.25) is 14.9 Å². The number of nitrogens with one attached hydrogen (secondary N) is 2. The van der Waals surface area contributed by atoms with E-state index >= 15 is 0 Å². The molecule has 30 heavy (non-hydrogen) atoms. The molecule has 0 aliphatic rings. The van der Waals surface area contributed by atoms with Crippen LogP contribution in [0, 0.1) is 0 Å². The van der Waals surface area contributed by atoms with E-state index in [1.165, 1.54) is 23.1 Å². The van der Waals surface area contributed by atoms with Crippen LogP contribution >= 0.6 is 34.7 Å². The predicted octanol–water partition coefficient (Wildman–Crippen LogP) is 5.33. The molecule has 2 amide bonds. The van der Waals surface area contributed by atoms with Crippen LogP contribution in [0.3, 0.4) is 0 Å². The third kappa shape index (κ3) is 5.15. The zero-order valence-corrected chi connectivity index (χ0v) is 17.9. The molecule has 2 N–H and O–H groups in total. The van der Waals surface area contributed by atoms with Crippen LogP contribution in [0.15, 0.2) is 71.1 Å². The Hall–Kier alpha value is -2.94. The molecule has 3 aromatic carbocycles. The number of hydrogen-bond acceptors (Lipinski definition) is 6. The van der Waals surface area contributed by atoms with Gasteiger partial charge in [-0.2, -0.15) is 0 Å². The summed E-state index contributed by atoms with van der Waals surface area (Å²) in [7, 11) is 0. The molecule has 0 unspecified atom stereocenters. The minimum Gasteiger partial charge on any atom is -0.325 e. The number of carbonyl (C=O) groups excluding carboxylic acids is 2. The third-order valence-corrected chi connectivity index (χ3v) is 6.32. The van der Waals surface area contributed by atoms with Crippen molar-refractivity contribution in [3.63, 3.8) is 0 Å². The fourth-order valence-electron chi connectivity index (χ4n) is 2.68. The largest absolute Gasteiger partial charge is 0.325 e. The molecule has 150 valence electrons. The van der Waals surface area contributed by atoms with Crippen LogP contribution < -0.4 is 10.6 Å². The molecule has 0 fully saturated rings. The van der Waals surface area contributed by atoms with Gasteiger partial charge in [-0.05, 0) is 47.2 Å². The Morgan fingerprint density at radius 1 is 0.933 bits per heavy atom. The van der Waals surface area contributed by atoms with E-state index in [9.17, 15) is 9.59 Å². The lowest BCUT2D eigenvalue weighted by Gasteiger charge is -2.04. The van der Waals surface area contributed by atoms with Crippen molar-refractivity contribution in [3.8, 4) is 0 Å². The monoisotopic (exact) mass is 454 g/mol. The van der Waals surface area contributed by atoms with Crippen molar-refractivity contribution in [2.75, 3.05) is 16.4 Å². The first-order valence-corrected chi connectivity index (χ1v) is 11.1. The van der Waals surface area contributed by atoms with Crippen molar-refractivity contribution < 1.29 is 9.59 Å². The predicted molar refractivity (Wildman–Crippen MR) is 123 cm³/mol. The van der Waals surface area contributed by atoms with E-state index in [0.717, 1.165) is 10.8 Å². The summed E-state index contributed by atoms with van der Waals surface area (Å²) in [5, 5.41) is 16.6. The number of amides is 2. The van der Waals surface area contributed by atoms with Crippen LogP contribution in [0.4, 0.5) is 10.8 Å². The molecule has 4 aromatic rings. The van der Waals surface area contributed by atoms with E-state index in [4.69, 9.17) is 11.6 Å². The van der Waals surface area contributed by atoms with E-state index in [1.807, 2.05) is 36.4 Å². The van der Waals surface area contributed by atoms with Gasteiger partial charge in [-0.15, -0.1) is 10.2 Å². The lowest BCUT2D eigenvalue weighted by atomic mass is 10.1. The number of carbonyl (C=O) groups is 2. The van der Waals surface area contributed by atoms with Crippen molar-refractivity contribution in [1.29, 1.82) is 0 Å². The van der Waals surface area contributed by atoms with Crippen LogP contribution in [-0.4, -0.2) is 27.8 Å². The summed E-state index contributed by atoms with van der Waals surface area (Å²) in [5.74, 6) is -0.246. The quantitative estimate of drug-likeness (QED) is 0.304. The van der Waals surface area contributed by atoms with Crippen molar-refractivity contribution in [2.45, 2.75) is 4.34 Å². The second kappa shape index (κ2) is 9.25. The lowest BCUT2D eigenvalue weighted by Crippen LogP contribution is -2.13. The average Bonchev–Trinajstić information content (AvgIpc) is 3.21. The number of thioether (sulfide) groups is 1. The molecule has 1 heterocycles. The van der Waals surface area contributed by atoms with Crippen LogP contribution in [0.5, 0.6) is 0 Å². The second-order valence-electron chi connectivity index (χ2n) is 6.23. The van der Waals surface area contributed by atoms with Crippen molar-refractivity contribution in [3.05, 3.63) is 77.3 Å². The molecule has 9 heteroatoms. The van der Waals surface area contributed by atoms with Gasteiger partial charge in [0.25, 0.3) is 5.91 Å². The first kappa shape index (κ1) is 20.3. The Labute approximate surface area is 185 Å². The highest BCUT2D eigenvalue weighted by Crippen LogP contribution is 2.26. The lowest BCUT2D eigenvalue weighted by molar-refractivity contribution is -0.113. The maximum atomic E-state index is 12.5. The molecule has 0 saturated heterocycles. The van der Waals surface area contributed by atoms with E-state index in [1.54, 1.807) is 30.3 Å². The molecular weight excluding hydrogens is 440 g/mol. The summed E-state index contributed by atoms with van der Waals surface area (Å²) >= 11 is 8.31. The molecule has 0 spiro atoms. The first-order valence-electron chi connectivity index (χ1n) is 8.89. The third-order valence-electron chi connectivity index (χ3n) is 4.09. The summed E-state index contributed by atoms with van der Waals surface area (Å²) in [5.41, 5.74) is 1.21. The fourth-order valence-corrected chi connectivity index (χ4v) is 4.35. The highest BCUT2D eigenvalue weighted by atomic mass is 35.5. The van der Waals surface area contributed by atoms with Gasteiger partial charge < -0.3 is 5.32 Å². The molecule has 0 bridgehead atoms. The van der Waals surface area contributed by atoms with E-state index in [0.29, 0.717) is 25.7 Å². The van der Waals surface area contributed by atoms with Crippen molar-refractivity contribution in [2.24, 2.45) is 0 Å². The molecular formula is C21H15ClN4O2S2. The summed E-state index contributed by atoms with van der Waals surface area (Å²) in [6, 6.07) is 20.2. The number of halogens is 1. The van der Waals surface area contributed by atoms with Gasteiger partial charge >= 0.3 is 0 Å². The van der Waals surface area contributed by atoms with Crippen LogP contribution in [0.1, 0.15) is 10.4 Å². The molecule has 4 rings (SSSR count). The van der Waals surface area contributed by atoms with Crippen LogP contribution in [0.2, 0.25) is 5.02 Å². The van der Waals surface area contributed by atoms with Gasteiger partial charge in [0.15, 0.2) is 4.34 Å². The summed E-state index contributed by atoms with van der Waals surface area (Å²) in [4.78, 5) is 24.6. The molecule has 6 nitrogen and oxygen atoms in total. The average molecular weight is 455 g/mol. The summed E-state index contributed by atoms with van der Waals surface area (Å²) < 4.78 is 0.593. The van der Waals surface area contributed by atoms with Gasteiger partial charge in [0.2, 0.25) is 11.0 Å². The SMILES string of the molecule is O=C(CSc1nnc(NC(=O)c2ccc3ccccc3c2)s1)Nc1ccc(Cl)cc1. The smallest absolute Gasteiger partial charge is 0.257 e.